The highest BCUT2D eigenvalue weighted by Crippen LogP contribution is 2.26. The van der Waals surface area contributed by atoms with Crippen molar-refractivity contribution in [1.29, 1.82) is 0 Å². The van der Waals surface area contributed by atoms with E-state index in [1.54, 1.807) is 23.0 Å². The molecule has 0 aliphatic rings. The summed E-state index contributed by atoms with van der Waals surface area (Å²) in [5.41, 5.74) is 2.80. The fourth-order valence-corrected chi connectivity index (χ4v) is 2.73. The van der Waals surface area contributed by atoms with Crippen molar-refractivity contribution in [2.24, 2.45) is 0 Å². The third kappa shape index (κ3) is 4.65. The summed E-state index contributed by atoms with van der Waals surface area (Å²) in [6.45, 7) is 5.98. The predicted octanol–water partition coefficient (Wildman–Crippen LogP) is 3.95. The van der Waals surface area contributed by atoms with E-state index in [1.807, 2.05) is 51.1 Å². The van der Waals surface area contributed by atoms with Gasteiger partial charge in [-0.05, 0) is 51.1 Å². The van der Waals surface area contributed by atoms with Crippen molar-refractivity contribution in [3.05, 3.63) is 70.5 Å². The normalized spacial score (nSPS) is 10.9. The molecule has 140 valence electrons. The zero-order chi connectivity index (χ0) is 19.4. The molecule has 3 aromatic rings. The highest BCUT2D eigenvalue weighted by atomic mass is 35.5. The molecule has 27 heavy (non-hydrogen) atoms. The second-order valence-electron chi connectivity index (χ2n) is 6.35. The lowest BCUT2D eigenvalue weighted by atomic mass is 10.2. The molecule has 0 aliphatic heterocycles. The van der Waals surface area contributed by atoms with E-state index in [0.717, 1.165) is 11.4 Å². The van der Waals surface area contributed by atoms with Crippen molar-refractivity contribution >= 4 is 17.5 Å². The van der Waals surface area contributed by atoms with E-state index in [4.69, 9.17) is 16.3 Å². The number of amides is 1. The topological polar surface area (TPSA) is 69.0 Å². The lowest BCUT2D eigenvalue weighted by Crippen LogP contribution is -2.23. The number of carbonyl (C=O) groups excluding carboxylic acids is 1. The summed E-state index contributed by atoms with van der Waals surface area (Å²) in [4.78, 5) is 14.0. The molecule has 0 fully saturated rings. The van der Waals surface area contributed by atoms with Crippen LogP contribution in [0.15, 0.2) is 48.5 Å². The highest BCUT2D eigenvalue weighted by Gasteiger charge is 2.13. The van der Waals surface area contributed by atoms with Gasteiger partial charge in [-0.1, -0.05) is 29.8 Å². The zero-order valence-corrected chi connectivity index (χ0v) is 16.2. The third-order valence-electron chi connectivity index (χ3n) is 3.84. The smallest absolute Gasteiger partial charge is 0.251 e. The maximum absolute atomic E-state index is 12.4. The largest absolute Gasteiger partial charge is 0.489 e. The number of halogens is 1. The summed E-state index contributed by atoms with van der Waals surface area (Å²) in [6, 6.07) is 14.6. The number of hydrogen-bond donors (Lipinski definition) is 1. The Morgan fingerprint density at radius 2 is 1.93 bits per heavy atom. The van der Waals surface area contributed by atoms with Crippen molar-refractivity contribution in [1.82, 2.24) is 20.3 Å². The second-order valence-corrected chi connectivity index (χ2v) is 6.76. The Hall–Kier alpha value is -2.86. The molecule has 6 nitrogen and oxygen atoms in total. The molecule has 0 unspecified atom stereocenters. The molecule has 1 aromatic heterocycles. The highest BCUT2D eigenvalue weighted by molar-refractivity contribution is 6.32. The monoisotopic (exact) mass is 384 g/mol. The molecule has 0 atom stereocenters. The molecule has 0 spiro atoms. The quantitative estimate of drug-likeness (QED) is 0.698. The number of aryl methyl sites for hydroxylation is 1. The van der Waals surface area contributed by atoms with Crippen LogP contribution in [0.25, 0.3) is 5.69 Å². The van der Waals surface area contributed by atoms with Crippen LogP contribution in [0.3, 0.4) is 0 Å². The van der Waals surface area contributed by atoms with Gasteiger partial charge in [0.05, 0.1) is 29.1 Å². The first-order valence-electron chi connectivity index (χ1n) is 8.66. The number of ether oxygens (including phenoxy) is 1. The number of nitrogens with one attached hydrogen (secondary N) is 1. The van der Waals surface area contributed by atoms with Crippen LogP contribution in [0.5, 0.6) is 5.75 Å². The molecule has 1 N–H and O–H groups in total. The Bertz CT molecular complexity index is 938. The summed E-state index contributed by atoms with van der Waals surface area (Å²) < 4.78 is 5.58. The first-order chi connectivity index (χ1) is 12.9. The predicted molar refractivity (Wildman–Crippen MR) is 104 cm³/mol. The van der Waals surface area contributed by atoms with Crippen molar-refractivity contribution in [3.63, 3.8) is 0 Å². The summed E-state index contributed by atoms with van der Waals surface area (Å²) in [7, 11) is 0. The van der Waals surface area contributed by atoms with E-state index in [9.17, 15) is 4.79 Å². The Morgan fingerprint density at radius 1 is 1.19 bits per heavy atom. The number of hydrogen-bond acceptors (Lipinski definition) is 4. The standard InChI is InChI=1S/C20H21ClN4O2/c1-13(2)27-19-10-9-15(11-17(19)21)20(26)22-12-18-14(3)23-25(24-18)16-7-5-4-6-8-16/h4-11,13H,12H2,1-3H3,(H,22,26). The summed E-state index contributed by atoms with van der Waals surface area (Å²) in [5.74, 6) is 0.325. The van der Waals surface area contributed by atoms with Gasteiger partial charge in [0, 0.05) is 5.56 Å². The first kappa shape index (κ1) is 18.9. The SMILES string of the molecule is Cc1nn(-c2ccccc2)nc1CNC(=O)c1ccc(OC(C)C)c(Cl)c1. The Labute approximate surface area is 163 Å². The van der Waals surface area contributed by atoms with Crippen molar-refractivity contribution in [2.45, 2.75) is 33.4 Å². The fourth-order valence-electron chi connectivity index (χ4n) is 2.51. The van der Waals surface area contributed by atoms with Gasteiger partial charge in [-0.3, -0.25) is 4.79 Å². The Kier molecular flexibility index (Phi) is 5.76. The van der Waals surface area contributed by atoms with Gasteiger partial charge in [-0.25, -0.2) is 0 Å². The lowest BCUT2D eigenvalue weighted by molar-refractivity contribution is 0.0950. The average Bonchev–Trinajstić information content (AvgIpc) is 3.02. The first-order valence-corrected chi connectivity index (χ1v) is 9.04. The molecule has 2 aromatic carbocycles. The molecule has 7 heteroatoms. The molecule has 3 rings (SSSR count). The van der Waals surface area contributed by atoms with Crippen LogP contribution >= 0.6 is 11.6 Å². The van der Waals surface area contributed by atoms with Crippen molar-refractivity contribution in [2.75, 3.05) is 0 Å². The molecule has 0 saturated carbocycles. The van der Waals surface area contributed by atoms with E-state index in [0.29, 0.717) is 22.0 Å². The number of aromatic nitrogens is 3. The molecule has 0 radical (unpaired) electrons. The minimum absolute atomic E-state index is 0.0115. The Morgan fingerprint density at radius 3 is 2.59 bits per heavy atom. The van der Waals surface area contributed by atoms with Crippen molar-refractivity contribution < 1.29 is 9.53 Å². The van der Waals surface area contributed by atoms with Gasteiger partial charge in [-0.2, -0.15) is 15.0 Å². The zero-order valence-electron chi connectivity index (χ0n) is 15.4. The van der Waals surface area contributed by atoms with Crippen LogP contribution in [-0.2, 0) is 6.54 Å². The third-order valence-corrected chi connectivity index (χ3v) is 4.13. The Balaban J connectivity index is 1.67. The summed E-state index contributed by atoms with van der Waals surface area (Å²) in [6.07, 6.45) is 0.0115. The van der Waals surface area contributed by atoms with Gasteiger partial charge < -0.3 is 10.1 Å². The van der Waals surface area contributed by atoms with Gasteiger partial charge >= 0.3 is 0 Å². The minimum atomic E-state index is -0.235. The summed E-state index contributed by atoms with van der Waals surface area (Å²) in [5, 5.41) is 12.1. The number of rotatable bonds is 6. The number of benzene rings is 2. The number of carbonyl (C=O) groups is 1. The van der Waals surface area contributed by atoms with Gasteiger partial charge in [0.2, 0.25) is 0 Å². The van der Waals surface area contributed by atoms with E-state index < -0.39 is 0 Å². The molecule has 1 amide bonds. The van der Waals surface area contributed by atoms with Gasteiger partial charge in [0.1, 0.15) is 11.4 Å². The van der Waals surface area contributed by atoms with Crippen LogP contribution in [0, 0.1) is 6.92 Å². The second kappa shape index (κ2) is 8.22. The van der Waals surface area contributed by atoms with Crippen LogP contribution in [-0.4, -0.2) is 27.0 Å². The maximum atomic E-state index is 12.4. The molecular weight excluding hydrogens is 364 g/mol. The number of nitrogens with zero attached hydrogens (tertiary/aromatic N) is 3. The van der Waals surface area contributed by atoms with E-state index in [2.05, 4.69) is 15.5 Å². The molecule has 1 heterocycles. The van der Waals surface area contributed by atoms with Crippen LogP contribution in [0.2, 0.25) is 5.02 Å². The molecule has 0 bridgehead atoms. The van der Waals surface area contributed by atoms with E-state index in [1.165, 1.54) is 0 Å². The lowest BCUT2D eigenvalue weighted by Gasteiger charge is -2.12. The fraction of sp³-hybridized carbons (Fsp3) is 0.250. The van der Waals surface area contributed by atoms with Crippen LogP contribution in [0.4, 0.5) is 0 Å². The minimum Gasteiger partial charge on any atom is -0.489 e. The van der Waals surface area contributed by atoms with Crippen molar-refractivity contribution in [3.8, 4) is 11.4 Å². The average molecular weight is 385 g/mol. The van der Waals surface area contributed by atoms with Gasteiger partial charge in [0.25, 0.3) is 5.91 Å². The maximum Gasteiger partial charge on any atom is 0.251 e. The van der Waals surface area contributed by atoms with Crippen LogP contribution in [0.1, 0.15) is 35.6 Å². The molecule has 0 aliphatic carbocycles. The van der Waals surface area contributed by atoms with Gasteiger partial charge in [-0.15, -0.1) is 0 Å². The summed E-state index contributed by atoms with van der Waals surface area (Å²) >= 11 is 6.20. The van der Waals surface area contributed by atoms with Gasteiger partial charge in [0.15, 0.2) is 0 Å². The number of para-hydroxylation sites is 1. The van der Waals surface area contributed by atoms with Crippen LogP contribution < -0.4 is 10.1 Å². The molecular formula is C20H21ClN4O2. The molecule has 0 saturated heterocycles. The van der Waals surface area contributed by atoms with E-state index in [-0.39, 0.29) is 18.6 Å². The van der Waals surface area contributed by atoms with E-state index >= 15 is 0 Å².